The fraction of sp³-hybridized carbons (Fsp3) is 0.714. The quantitative estimate of drug-likeness (QED) is 0.553. The molecule has 0 spiro atoms. The van der Waals surface area contributed by atoms with E-state index in [0.29, 0.717) is 0 Å². The van der Waals surface area contributed by atoms with Crippen LogP contribution in [0.4, 0.5) is 0 Å². The minimum absolute atomic E-state index is 0.164. The van der Waals surface area contributed by atoms with E-state index in [1.54, 1.807) is 14.1 Å². The SMILES string of the molecule is Cn1c(=O)n(C2CC2)c(=O)n1C. The second-order valence-electron chi connectivity index (χ2n) is 3.21. The number of hydrogen-bond donors (Lipinski definition) is 0. The number of aromatic nitrogens is 3. The van der Waals surface area contributed by atoms with Gasteiger partial charge in [-0.3, -0.25) is 0 Å². The Bertz CT molecular complexity index is 385. The maximum Gasteiger partial charge on any atom is 0.347 e. The van der Waals surface area contributed by atoms with Crippen molar-refractivity contribution in [3.8, 4) is 0 Å². The fourth-order valence-electron chi connectivity index (χ4n) is 1.30. The Morgan fingerprint density at radius 2 is 1.50 bits per heavy atom. The minimum Gasteiger partial charge on any atom is -0.246 e. The Balaban J connectivity index is 2.75. The normalized spacial score (nSPS) is 16.8. The Hall–Kier alpha value is -1.26. The summed E-state index contributed by atoms with van der Waals surface area (Å²) in [5, 5.41) is 0. The molecule has 1 saturated carbocycles. The number of nitrogens with zero attached hydrogens (tertiary/aromatic N) is 3. The molecule has 1 fully saturated rings. The topological polar surface area (TPSA) is 48.9 Å². The summed E-state index contributed by atoms with van der Waals surface area (Å²) in [6.07, 6.45) is 1.92. The van der Waals surface area contributed by atoms with Crippen LogP contribution in [0.1, 0.15) is 18.9 Å². The first-order valence-electron chi connectivity index (χ1n) is 3.97. The maximum absolute atomic E-state index is 11.4. The minimum atomic E-state index is -0.204. The van der Waals surface area contributed by atoms with Crippen LogP contribution in [0.15, 0.2) is 9.59 Å². The fourth-order valence-corrected chi connectivity index (χ4v) is 1.30. The van der Waals surface area contributed by atoms with Crippen LogP contribution in [0, 0.1) is 0 Å². The first kappa shape index (κ1) is 7.39. The van der Waals surface area contributed by atoms with Crippen molar-refractivity contribution >= 4 is 0 Å². The van der Waals surface area contributed by atoms with Crippen molar-refractivity contribution < 1.29 is 0 Å². The third-order valence-corrected chi connectivity index (χ3v) is 2.33. The van der Waals surface area contributed by atoms with Gasteiger partial charge in [0.15, 0.2) is 0 Å². The molecule has 5 nitrogen and oxygen atoms in total. The second kappa shape index (κ2) is 2.12. The van der Waals surface area contributed by atoms with Gasteiger partial charge in [-0.15, -0.1) is 0 Å². The van der Waals surface area contributed by atoms with E-state index in [9.17, 15) is 9.59 Å². The Morgan fingerprint density at radius 3 is 1.83 bits per heavy atom. The molecule has 0 radical (unpaired) electrons. The zero-order chi connectivity index (χ0) is 8.88. The summed E-state index contributed by atoms with van der Waals surface area (Å²) in [6, 6.07) is 0.164. The molecular formula is C7H11N3O2. The van der Waals surface area contributed by atoms with Crippen molar-refractivity contribution in [3.05, 3.63) is 21.0 Å². The Labute approximate surface area is 68.8 Å². The zero-order valence-electron chi connectivity index (χ0n) is 7.15. The Morgan fingerprint density at radius 1 is 1.08 bits per heavy atom. The largest absolute Gasteiger partial charge is 0.347 e. The van der Waals surface area contributed by atoms with Gasteiger partial charge >= 0.3 is 11.4 Å². The molecular weight excluding hydrogens is 158 g/mol. The van der Waals surface area contributed by atoms with Crippen molar-refractivity contribution in [1.29, 1.82) is 0 Å². The van der Waals surface area contributed by atoms with Crippen LogP contribution >= 0.6 is 0 Å². The lowest BCUT2D eigenvalue weighted by Gasteiger charge is -1.91. The van der Waals surface area contributed by atoms with Crippen LogP contribution in [-0.4, -0.2) is 13.9 Å². The average Bonchev–Trinajstić information content (AvgIpc) is 2.82. The van der Waals surface area contributed by atoms with Gasteiger partial charge in [0, 0.05) is 20.1 Å². The third kappa shape index (κ3) is 0.790. The molecule has 66 valence electrons. The predicted octanol–water partition coefficient (Wildman–Crippen LogP) is -0.780. The van der Waals surface area contributed by atoms with Gasteiger partial charge in [-0.1, -0.05) is 0 Å². The molecule has 1 aromatic rings. The molecule has 5 heteroatoms. The van der Waals surface area contributed by atoms with E-state index in [1.165, 1.54) is 13.9 Å². The highest BCUT2D eigenvalue weighted by molar-refractivity contribution is 4.86. The van der Waals surface area contributed by atoms with Gasteiger partial charge < -0.3 is 0 Å². The summed E-state index contributed by atoms with van der Waals surface area (Å²) < 4.78 is 4.00. The molecule has 0 atom stereocenters. The Kier molecular flexibility index (Phi) is 1.31. The van der Waals surface area contributed by atoms with Crippen LogP contribution < -0.4 is 11.4 Å². The molecule has 0 amide bonds. The van der Waals surface area contributed by atoms with Gasteiger partial charge in [-0.2, -0.15) is 0 Å². The molecule has 0 N–H and O–H groups in total. The summed E-state index contributed by atoms with van der Waals surface area (Å²) in [4.78, 5) is 22.8. The highest BCUT2D eigenvalue weighted by atomic mass is 16.2. The highest BCUT2D eigenvalue weighted by Gasteiger charge is 2.28. The first-order valence-corrected chi connectivity index (χ1v) is 3.97. The molecule has 2 rings (SSSR count). The standard InChI is InChI=1S/C7H11N3O2/c1-8-6(11)10(5-3-4-5)7(12)9(8)2/h5H,3-4H2,1-2H3. The summed E-state index contributed by atoms with van der Waals surface area (Å²) >= 11 is 0. The van der Waals surface area contributed by atoms with E-state index in [1.807, 2.05) is 0 Å². The summed E-state index contributed by atoms with van der Waals surface area (Å²) in [5.41, 5.74) is -0.407. The van der Waals surface area contributed by atoms with Crippen molar-refractivity contribution in [3.63, 3.8) is 0 Å². The van der Waals surface area contributed by atoms with Gasteiger partial charge in [0.2, 0.25) is 0 Å². The van der Waals surface area contributed by atoms with Crippen molar-refractivity contribution in [2.75, 3.05) is 0 Å². The van der Waals surface area contributed by atoms with Crippen molar-refractivity contribution in [1.82, 2.24) is 13.9 Å². The smallest absolute Gasteiger partial charge is 0.246 e. The molecule has 1 aromatic heterocycles. The first-order chi connectivity index (χ1) is 5.63. The van der Waals surface area contributed by atoms with Gasteiger partial charge in [0.1, 0.15) is 0 Å². The van der Waals surface area contributed by atoms with E-state index in [0.717, 1.165) is 12.8 Å². The van der Waals surface area contributed by atoms with E-state index in [2.05, 4.69) is 0 Å². The van der Waals surface area contributed by atoms with Crippen LogP contribution in [-0.2, 0) is 14.1 Å². The summed E-state index contributed by atoms with van der Waals surface area (Å²) in [6.45, 7) is 0. The third-order valence-electron chi connectivity index (χ3n) is 2.33. The molecule has 1 aliphatic carbocycles. The van der Waals surface area contributed by atoms with Gasteiger partial charge in [-0.05, 0) is 12.8 Å². The molecule has 1 aliphatic rings. The molecule has 0 saturated heterocycles. The van der Waals surface area contributed by atoms with Gasteiger partial charge in [-0.25, -0.2) is 23.5 Å². The van der Waals surface area contributed by atoms with Crippen LogP contribution in [0.5, 0.6) is 0 Å². The van der Waals surface area contributed by atoms with Crippen molar-refractivity contribution in [2.24, 2.45) is 14.1 Å². The van der Waals surface area contributed by atoms with E-state index < -0.39 is 0 Å². The number of hydrogen-bond acceptors (Lipinski definition) is 2. The van der Waals surface area contributed by atoms with E-state index in [4.69, 9.17) is 0 Å². The zero-order valence-corrected chi connectivity index (χ0v) is 7.15. The lowest BCUT2D eigenvalue weighted by atomic mass is 10.7. The predicted molar refractivity (Wildman–Crippen MR) is 43.2 cm³/mol. The summed E-state index contributed by atoms with van der Waals surface area (Å²) in [7, 11) is 3.20. The lowest BCUT2D eigenvalue weighted by molar-refractivity contribution is 0.565. The average molecular weight is 169 g/mol. The molecule has 0 aliphatic heterocycles. The van der Waals surface area contributed by atoms with Crippen LogP contribution in [0.2, 0.25) is 0 Å². The number of rotatable bonds is 1. The maximum atomic E-state index is 11.4. The van der Waals surface area contributed by atoms with Gasteiger partial charge in [0.25, 0.3) is 0 Å². The summed E-state index contributed by atoms with van der Waals surface area (Å²) in [5.74, 6) is 0. The molecule has 1 heterocycles. The van der Waals surface area contributed by atoms with E-state index in [-0.39, 0.29) is 17.4 Å². The van der Waals surface area contributed by atoms with Crippen LogP contribution in [0.3, 0.4) is 0 Å². The van der Waals surface area contributed by atoms with Gasteiger partial charge in [0.05, 0.1) is 0 Å². The molecule has 0 bridgehead atoms. The lowest BCUT2D eigenvalue weighted by Crippen LogP contribution is -2.27. The van der Waals surface area contributed by atoms with Crippen LogP contribution in [0.25, 0.3) is 0 Å². The highest BCUT2D eigenvalue weighted by Crippen LogP contribution is 2.31. The van der Waals surface area contributed by atoms with Crippen molar-refractivity contribution in [2.45, 2.75) is 18.9 Å². The molecule has 12 heavy (non-hydrogen) atoms. The molecule has 0 unspecified atom stereocenters. The molecule has 0 aromatic carbocycles. The van der Waals surface area contributed by atoms with E-state index >= 15 is 0 Å². The second-order valence-corrected chi connectivity index (χ2v) is 3.21. The monoisotopic (exact) mass is 169 g/mol.